The Morgan fingerprint density at radius 2 is 1.77 bits per heavy atom. The van der Waals surface area contributed by atoms with Gasteiger partial charge in [-0.05, 0) is 42.5 Å². The molecule has 2 aromatic carbocycles. The first kappa shape index (κ1) is 14.8. The number of rotatable bonds is 4. The number of amides is 1. The van der Waals surface area contributed by atoms with Gasteiger partial charge in [0.1, 0.15) is 5.82 Å². The Kier molecular flexibility index (Phi) is 4.52. The van der Waals surface area contributed by atoms with Crippen LogP contribution in [0.25, 0.3) is 0 Å². The predicted octanol–water partition coefficient (Wildman–Crippen LogP) is 4.49. The van der Waals surface area contributed by atoms with Crippen LogP contribution in [0.5, 0.6) is 0 Å². The quantitative estimate of drug-likeness (QED) is 0.885. The number of hydrogen-bond acceptors (Lipinski definition) is 1. The Balaban J connectivity index is 1.82. The molecule has 0 aliphatic heterocycles. The van der Waals surface area contributed by atoms with Gasteiger partial charge in [-0.3, -0.25) is 4.79 Å². The van der Waals surface area contributed by atoms with E-state index in [-0.39, 0.29) is 17.8 Å². The monoisotopic (exact) mass is 297 g/mol. The molecule has 0 bridgehead atoms. The smallest absolute Gasteiger partial charge is 0.251 e. The molecule has 2 aromatic rings. The Bertz CT molecular complexity index is 635. The van der Waals surface area contributed by atoms with Crippen LogP contribution in [0, 0.1) is 11.7 Å². The molecular weight excluding hydrogens is 277 g/mol. The summed E-state index contributed by atoms with van der Waals surface area (Å²) in [6.07, 6.45) is 4.68. The lowest BCUT2D eigenvalue weighted by Gasteiger charge is -2.25. The lowest BCUT2D eigenvalue weighted by Crippen LogP contribution is -2.32. The molecule has 0 saturated heterocycles. The van der Waals surface area contributed by atoms with Crippen molar-refractivity contribution in [3.05, 3.63) is 71.5 Å². The zero-order valence-corrected chi connectivity index (χ0v) is 12.5. The van der Waals surface area contributed by atoms with Crippen molar-refractivity contribution in [3.63, 3.8) is 0 Å². The van der Waals surface area contributed by atoms with Crippen LogP contribution < -0.4 is 5.32 Å². The summed E-state index contributed by atoms with van der Waals surface area (Å²) in [5, 5.41) is 3.11. The maximum atomic E-state index is 13.3. The van der Waals surface area contributed by atoms with Crippen molar-refractivity contribution in [2.24, 2.45) is 5.92 Å². The second kappa shape index (κ2) is 6.73. The Hall–Kier alpha value is -2.16. The highest BCUT2D eigenvalue weighted by molar-refractivity contribution is 5.94. The minimum absolute atomic E-state index is 0.000493. The van der Waals surface area contributed by atoms with E-state index in [1.807, 2.05) is 18.2 Å². The fourth-order valence-corrected chi connectivity index (χ4v) is 3.28. The molecule has 0 heterocycles. The summed E-state index contributed by atoms with van der Waals surface area (Å²) in [6, 6.07) is 15.9. The molecule has 114 valence electrons. The minimum atomic E-state index is -0.384. The number of halogens is 1. The van der Waals surface area contributed by atoms with Gasteiger partial charge in [0.25, 0.3) is 5.91 Å². The number of carbonyl (C=O) groups is 1. The van der Waals surface area contributed by atoms with Crippen LogP contribution in [0.2, 0.25) is 0 Å². The molecule has 1 N–H and O–H groups in total. The zero-order chi connectivity index (χ0) is 15.4. The standard InChI is InChI=1S/C19H20FNO/c20-17-12-6-11-16(13-17)19(22)21-18(15-9-4-5-10-15)14-7-2-1-3-8-14/h1-3,6-8,11-13,15,18H,4-5,9-10H2,(H,21,22). The number of benzene rings is 2. The van der Waals surface area contributed by atoms with E-state index in [0.29, 0.717) is 11.5 Å². The number of hydrogen-bond donors (Lipinski definition) is 1. The molecule has 1 aliphatic rings. The van der Waals surface area contributed by atoms with Crippen molar-refractivity contribution < 1.29 is 9.18 Å². The van der Waals surface area contributed by atoms with Crippen molar-refractivity contribution in [1.29, 1.82) is 0 Å². The van der Waals surface area contributed by atoms with Crippen LogP contribution in [-0.2, 0) is 0 Å². The third-order valence-electron chi connectivity index (χ3n) is 4.40. The van der Waals surface area contributed by atoms with Gasteiger partial charge in [0.15, 0.2) is 0 Å². The topological polar surface area (TPSA) is 29.1 Å². The van der Waals surface area contributed by atoms with Gasteiger partial charge < -0.3 is 5.32 Å². The maximum Gasteiger partial charge on any atom is 0.251 e. The molecule has 1 amide bonds. The summed E-state index contributed by atoms with van der Waals surface area (Å²) in [5.74, 6) is -0.134. The van der Waals surface area contributed by atoms with Gasteiger partial charge in [0.2, 0.25) is 0 Å². The van der Waals surface area contributed by atoms with Gasteiger partial charge >= 0.3 is 0 Å². The van der Waals surface area contributed by atoms with Crippen LogP contribution in [0.1, 0.15) is 47.6 Å². The van der Waals surface area contributed by atoms with E-state index in [1.165, 1.54) is 25.0 Å². The van der Waals surface area contributed by atoms with Crippen molar-refractivity contribution in [3.8, 4) is 0 Å². The first-order valence-corrected chi connectivity index (χ1v) is 7.85. The van der Waals surface area contributed by atoms with Gasteiger partial charge in [-0.1, -0.05) is 49.2 Å². The number of nitrogens with one attached hydrogen (secondary N) is 1. The average Bonchev–Trinajstić information content (AvgIpc) is 3.07. The zero-order valence-electron chi connectivity index (χ0n) is 12.5. The van der Waals surface area contributed by atoms with E-state index in [2.05, 4.69) is 17.4 Å². The molecular formula is C19H20FNO. The van der Waals surface area contributed by atoms with E-state index in [1.54, 1.807) is 12.1 Å². The molecule has 0 aromatic heterocycles. The highest BCUT2D eigenvalue weighted by atomic mass is 19.1. The largest absolute Gasteiger partial charge is 0.345 e. The molecule has 0 spiro atoms. The molecule has 0 radical (unpaired) electrons. The van der Waals surface area contributed by atoms with Crippen LogP contribution in [0.15, 0.2) is 54.6 Å². The van der Waals surface area contributed by atoms with Crippen LogP contribution in [0.3, 0.4) is 0 Å². The van der Waals surface area contributed by atoms with E-state index in [9.17, 15) is 9.18 Å². The van der Waals surface area contributed by atoms with E-state index >= 15 is 0 Å². The Morgan fingerprint density at radius 3 is 2.45 bits per heavy atom. The van der Waals surface area contributed by atoms with Gasteiger partial charge in [-0.2, -0.15) is 0 Å². The Morgan fingerprint density at radius 1 is 1.05 bits per heavy atom. The van der Waals surface area contributed by atoms with E-state index in [4.69, 9.17) is 0 Å². The summed E-state index contributed by atoms with van der Waals surface area (Å²) in [4.78, 5) is 12.5. The summed E-state index contributed by atoms with van der Waals surface area (Å²) >= 11 is 0. The fraction of sp³-hybridized carbons (Fsp3) is 0.316. The lowest BCUT2D eigenvalue weighted by molar-refractivity contribution is 0.0921. The van der Waals surface area contributed by atoms with Gasteiger partial charge in [0, 0.05) is 5.56 Å². The summed E-state index contributed by atoms with van der Waals surface area (Å²) in [7, 11) is 0. The molecule has 3 rings (SSSR count). The maximum absolute atomic E-state index is 13.3. The van der Waals surface area contributed by atoms with Crippen LogP contribution >= 0.6 is 0 Å². The third kappa shape index (κ3) is 3.35. The SMILES string of the molecule is O=C(NC(c1ccccc1)C1CCCC1)c1cccc(F)c1. The average molecular weight is 297 g/mol. The van der Waals surface area contributed by atoms with E-state index in [0.717, 1.165) is 18.4 Å². The summed E-state index contributed by atoms with van der Waals surface area (Å²) in [6.45, 7) is 0. The molecule has 1 fully saturated rings. The molecule has 1 atom stereocenters. The summed E-state index contributed by atoms with van der Waals surface area (Å²) in [5.41, 5.74) is 1.50. The minimum Gasteiger partial charge on any atom is -0.345 e. The molecule has 22 heavy (non-hydrogen) atoms. The third-order valence-corrected chi connectivity index (χ3v) is 4.40. The van der Waals surface area contributed by atoms with Gasteiger partial charge in [-0.25, -0.2) is 4.39 Å². The first-order chi connectivity index (χ1) is 10.7. The van der Waals surface area contributed by atoms with Crippen molar-refractivity contribution in [1.82, 2.24) is 5.32 Å². The lowest BCUT2D eigenvalue weighted by atomic mass is 9.91. The van der Waals surface area contributed by atoms with E-state index < -0.39 is 0 Å². The van der Waals surface area contributed by atoms with Crippen molar-refractivity contribution >= 4 is 5.91 Å². The predicted molar refractivity (Wildman–Crippen MR) is 85.0 cm³/mol. The first-order valence-electron chi connectivity index (χ1n) is 7.85. The van der Waals surface area contributed by atoms with Crippen molar-refractivity contribution in [2.75, 3.05) is 0 Å². The Labute approximate surface area is 130 Å². The second-order valence-electron chi connectivity index (χ2n) is 5.92. The molecule has 3 heteroatoms. The molecule has 1 aliphatic carbocycles. The normalized spacial score (nSPS) is 16.4. The van der Waals surface area contributed by atoms with Crippen LogP contribution in [-0.4, -0.2) is 5.91 Å². The van der Waals surface area contributed by atoms with Crippen LogP contribution in [0.4, 0.5) is 4.39 Å². The highest BCUT2D eigenvalue weighted by Crippen LogP contribution is 2.35. The van der Waals surface area contributed by atoms with Crippen molar-refractivity contribution in [2.45, 2.75) is 31.7 Å². The van der Waals surface area contributed by atoms with Gasteiger partial charge in [0.05, 0.1) is 6.04 Å². The summed E-state index contributed by atoms with van der Waals surface area (Å²) < 4.78 is 13.3. The fourth-order valence-electron chi connectivity index (χ4n) is 3.28. The second-order valence-corrected chi connectivity index (χ2v) is 5.92. The number of carbonyl (C=O) groups excluding carboxylic acids is 1. The molecule has 1 unspecified atom stereocenters. The molecule has 1 saturated carbocycles. The molecule has 2 nitrogen and oxygen atoms in total. The van der Waals surface area contributed by atoms with Gasteiger partial charge in [-0.15, -0.1) is 0 Å². The highest BCUT2D eigenvalue weighted by Gasteiger charge is 2.27.